The van der Waals surface area contributed by atoms with E-state index in [2.05, 4.69) is 133 Å². The van der Waals surface area contributed by atoms with E-state index < -0.39 is 8.07 Å². The molecule has 0 atom stereocenters. The molecule has 0 fully saturated rings. The normalized spacial score (nSPS) is 15.6. The molecular formula is C36H29N3Si. The molecule has 6 aromatic rings. The van der Waals surface area contributed by atoms with Crippen LogP contribution in [0.1, 0.15) is 18.4 Å². The van der Waals surface area contributed by atoms with Crippen LogP contribution < -0.4 is 5.32 Å². The molecule has 0 spiro atoms. The molecule has 0 radical (unpaired) electrons. The summed E-state index contributed by atoms with van der Waals surface area (Å²) >= 11 is 0. The van der Waals surface area contributed by atoms with Crippen LogP contribution in [-0.2, 0) is 0 Å². The van der Waals surface area contributed by atoms with E-state index in [1.54, 1.807) is 0 Å². The third-order valence-electron chi connectivity index (χ3n) is 8.64. The second-order valence-electron chi connectivity index (χ2n) is 11.4. The molecule has 0 amide bonds. The lowest BCUT2D eigenvalue weighted by Gasteiger charge is -2.20. The molecule has 0 N–H and O–H groups in total. The first-order valence-electron chi connectivity index (χ1n) is 14.1. The lowest BCUT2D eigenvalue weighted by atomic mass is 9.94. The van der Waals surface area contributed by atoms with Crippen LogP contribution in [0.15, 0.2) is 120 Å². The summed E-state index contributed by atoms with van der Waals surface area (Å²) in [7, 11) is -1.95. The summed E-state index contributed by atoms with van der Waals surface area (Å²) in [5.74, 6) is 0.825. The number of aromatic nitrogens is 3. The molecule has 0 saturated heterocycles. The van der Waals surface area contributed by atoms with Crippen molar-refractivity contribution in [2.45, 2.75) is 25.9 Å². The molecule has 8 rings (SSSR count). The van der Waals surface area contributed by atoms with E-state index in [1.807, 2.05) is 0 Å². The Labute approximate surface area is 235 Å². The maximum absolute atomic E-state index is 5.34. The topological polar surface area (TPSA) is 30.7 Å². The van der Waals surface area contributed by atoms with Gasteiger partial charge in [-0.15, -0.1) is 0 Å². The van der Waals surface area contributed by atoms with Gasteiger partial charge in [0.05, 0.1) is 16.7 Å². The standard InChI is InChI=1S/C36H29N3Si/c1-40(2)32-20-12-10-18-28(32)33-34(37-35(38-36(33)40)24-13-5-3-6-14-24)25-21-22-31-29(23-25)27-17-9-11-19-30(27)39(31)26-15-7-4-8-16-26/h3-9,11-17,19-23H,10,18H2,1-2H3. The summed E-state index contributed by atoms with van der Waals surface area (Å²) in [4.78, 5) is 10.7. The highest BCUT2D eigenvalue weighted by atomic mass is 28.3. The van der Waals surface area contributed by atoms with Gasteiger partial charge in [0.15, 0.2) is 5.82 Å². The summed E-state index contributed by atoms with van der Waals surface area (Å²) in [6.45, 7) is 4.90. The van der Waals surface area contributed by atoms with Crippen molar-refractivity contribution < 1.29 is 0 Å². The summed E-state index contributed by atoms with van der Waals surface area (Å²) in [6, 6.07) is 36.7. The number of rotatable bonds is 3. The number of para-hydroxylation sites is 2. The molecule has 40 heavy (non-hydrogen) atoms. The van der Waals surface area contributed by atoms with Crippen molar-refractivity contribution in [3.63, 3.8) is 0 Å². The second-order valence-corrected chi connectivity index (χ2v) is 15.6. The fourth-order valence-corrected chi connectivity index (χ4v) is 9.81. The van der Waals surface area contributed by atoms with Crippen LogP contribution in [-0.4, -0.2) is 22.6 Å². The number of allylic oxidation sites excluding steroid dienone is 4. The van der Waals surface area contributed by atoms with Gasteiger partial charge < -0.3 is 4.57 Å². The van der Waals surface area contributed by atoms with Gasteiger partial charge in [0.1, 0.15) is 8.07 Å². The molecule has 4 aromatic carbocycles. The highest BCUT2D eigenvalue weighted by Crippen LogP contribution is 2.44. The molecule has 2 aliphatic rings. The highest BCUT2D eigenvalue weighted by molar-refractivity contribution is 6.98. The van der Waals surface area contributed by atoms with Crippen LogP contribution in [0.2, 0.25) is 13.1 Å². The van der Waals surface area contributed by atoms with Crippen LogP contribution in [0.5, 0.6) is 0 Å². The van der Waals surface area contributed by atoms with Gasteiger partial charge in [0, 0.05) is 38.5 Å². The summed E-state index contributed by atoms with van der Waals surface area (Å²) < 4.78 is 2.37. The molecule has 2 aromatic heterocycles. The third-order valence-corrected chi connectivity index (χ3v) is 12.0. The molecule has 1 aliphatic carbocycles. The van der Waals surface area contributed by atoms with E-state index in [0.29, 0.717) is 0 Å². The smallest absolute Gasteiger partial charge is 0.159 e. The van der Waals surface area contributed by atoms with Crippen LogP contribution in [0.25, 0.3) is 55.7 Å². The minimum absolute atomic E-state index is 0.825. The maximum atomic E-state index is 5.34. The maximum Gasteiger partial charge on any atom is 0.159 e. The van der Waals surface area contributed by atoms with E-state index in [9.17, 15) is 0 Å². The van der Waals surface area contributed by atoms with Gasteiger partial charge in [-0.05, 0) is 53.9 Å². The number of fused-ring (bicyclic) bond motifs is 5. The zero-order chi connectivity index (χ0) is 26.8. The van der Waals surface area contributed by atoms with Crippen LogP contribution in [0.4, 0.5) is 0 Å². The van der Waals surface area contributed by atoms with Gasteiger partial charge in [0.25, 0.3) is 0 Å². The molecule has 3 nitrogen and oxygen atoms in total. The van der Waals surface area contributed by atoms with Crippen LogP contribution >= 0.6 is 0 Å². The van der Waals surface area contributed by atoms with Crippen molar-refractivity contribution in [3.05, 3.63) is 126 Å². The first kappa shape index (κ1) is 23.4. The van der Waals surface area contributed by atoms with Crippen molar-refractivity contribution in [2.75, 3.05) is 0 Å². The van der Waals surface area contributed by atoms with Crippen molar-refractivity contribution in [1.82, 2.24) is 14.5 Å². The van der Waals surface area contributed by atoms with Crippen molar-refractivity contribution in [2.24, 2.45) is 0 Å². The minimum atomic E-state index is -1.95. The van der Waals surface area contributed by atoms with Gasteiger partial charge in [-0.3, -0.25) is 0 Å². The Morgan fingerprint density at radius 1 is 0.700 bits per heavy atom. The summed E-state index contributed by atoms with van der Waals surface area (Å²) in [5, 5.41) is 5.31. The quantitative estimate of drug-likeness (QED) is 0.214. The molecule has 4 heteroatoms. The van der Waals surface area contributed by atoms with E-state index in [0.717, 1.165) is 35.5 Å². The van der Waals surface area contributed by atoms with E-state index in [-0.39, 0.29) is 0 Å². The number of hydrogen-bond donors (Lipinski definition) is 0. The second kappa shape index (κ2) is 8.73. The monoisotopic (exact) mass is 531 g/mol. The first-order valence-corrected chi connectivity index (χ1v) is 17.1. The Morgan fingerprint density at radius 3 is 2.25 bits per heavy atom. The van der Waals surface area contributed by atoms with E-state index in [1.165, 1.54) is 49.1 Å². The van der Waals surface area contributed by atoms with Gasteiger partial charge >= 0.3 is 0 Å². The Hall–Kier alpha value is -4.54. The fourth-order valence-electron chi connectivity index (χ4n) is 6.74. The first-order chi connectivity index (χ1) is 19.6. The molecule has 192 valence electrons. The van der Waals surface area contributed by atoms with E-state index >= 15 is 0 Å². The number of hydrogen-bond acceptors (Lipinski definition) is 2. The predicted octanol–water partition coefficient (Wildman–Crippen LogP) is 8.48. The van der Waals surface area contributed by atoms with Gasteiger partial charge in [-0.25, -0.2) is 9.97 Å². The van der Waals surface area contributed by atoms with Crippen molar-refractivity contribution >= 4 is 40.8 Å². The lowest BCUT2D eigenvalue weighted by Crippen LogP contribution is -2.44. The minimum Gasteiger partial charge on any atom is -0.309 e. The zero-order valence-electron chi connectivity index (χ0n) is 22.7. The lowest BCUT2D eigenvalue weighted by molar-refractivity contribution is 1.05. The number of nitrogens with zero attached hydrogens (tertiary/aromatic N) is 3. The predicted molar refractivity (Wildman–Crippen MR) is 170 cm³/mol. The highest BCUT2D eigenvalue weighted by Gasteiger charge is 2.42. The summed E-state index contributed by atoms with van der Waals surface area (Å²) in [6.07, 6.45) is 6.86. The Balaban J connectivity index is 1.43. The molecule has 0 bridgehead atoms. The largest absolute Gasteiger partial charge is 0.309 e. The Bertz CT molecular complexity index is 2010. The van der Waals surface area contributed by atoms with Crippen molar-refractivity contribution in [3.8, 4) is 28.3 Å². The van der Waals surface area contributed by atoms with Crippen LogP contribution in [0.3, 0.4) is 0 Å². The third kappa shape index (κ3) is 3.36. The number of benzene rings is 4. The SMILES string of the molecule is C[Si]1(C)C2=C(CCC=C2)c2c(-c3ccc4c(c3)c3ccccc3n4-c3ccccc3)nc(-c3ccccc3)nc21. The molecule has 0 saturated carbocycles. The van der Waals surface area contributed by atoms with Gasteiger partial charge in [0.2, 0.25) is 0 Å². The summed E-state index contributed by atoms with van der Waals surface area (Å²) in [5.41, 5.74) is 9.66. The molecule has 1 aliphatic heterocycles. The Morgan fingerprint density at radius 2 is 1.43 bits per heavy atom. The average molecular weight is 532 g/mol. The van der Waals surface area contributed by atoms with Crippen molar-refractivity contribution in [1.29, 1.82) is 0 Å². The van der Waals surface area contributed by atoms with Gasteiger partial charge in [-0.2, -0.15) is 0 Å². The zero-order valence-corrected chi connectivity index (χ0v) is 23.7. The molecular weight excluding hydrogens is 503 g/mol. The fraction of sp³-hybridized carbons (Fsp3) is 0.111. The molecule has 0 unspecified atom stereocenters. The van der Waals surface area contributed by atoms with E-state index in [4.69, 9.17) is 9.97 Å². The van der Waals surface area contributed by atoms with Gasteiger partial charge in [-0.1, -0.05) is 98.0 Å². The Kier molecular flexibility index (Phi) is 5.10. The average Bonchev–Trinajstić information content (AvgIpc) is 3.46. The van der Waals surface area contributed by atoms with Crippen LogP contribution in [0, 0.1) is 0 Å². The molecule has 3 heterocycles.